The van der Waals surface area contributed by atoms with Crippen LogP contribution in [0, 0.1) is 0 Å². The predicted octanol–water partition coefficient (Wildman–Crippen LogP) is 3.39. The minimum atomic E-state index is -0.0748. The second-order valence-electron chi connectivity index (χ2n) is 6.71. The van der Waals surface area contributed by atoms with Gasteiger partial charge in [-0.2, -0.15) is 0 Å². The van der Waals surface area contributed by atoms with Gasteiger partial charge in [-0.25, -0.2) is 0 Å². The summed E-state index contributed by atoms with van der Waals surface area (Å²) in [5.41, 5.74) is 3.11. The van der Waals surface area contributed by atoms with Crippen molar-refractivity contribution in [3.63, 3.8) is 0 Å². The molecular formula is C21H23N3O2. The molecule has 5 nitrogen and oxygen atoms in total. The normalized spacial score (nSPS) is 16.7. The minimum Gasteiger partial charge on any atom is -0.497 e. The molecule has 3 aromatic rings. The Morgan fingerprint density at radius 3 is 3.00 bits per heavy atom. The quantitative estimate of drug-likeness (QED) is 0.742. The molecule has 1 amide bonds. The van der Waals surface area contributed by atoms with E-state index in [0.29, 0.717) is 0 Å². The molecule has 1 aliphatic rings. The molecule has 1 atom stereocenters. The van der Waals surface area contributed by atoms with Crippen LogP contribution in [0.1, 0.15) is 18.4 Å². The number of amides is 1. The van der Waals surface area contributed by atoms with E-state index < -0.39 is 0 Å². The fraction of sp³-hybridized carbons (Fsp3) is 0.286. The maximum Gasteiger partial charge on any atom is 0.241 e. The van der Waals surface area contributed by atoms with Crippen LogP contribution in [0.2, 0.25) is 0 Å². The first kappa shape index (κ1) is 16.7. The molecule has 1 fully saturated rings. The lowest BCUT2D eigenvalue weighted by molar-refractivity contribution is -0.117. The van der Waals surface area contributed by atoms with Gasteiger partial charge in [-0.3, -0.25) is 4.79 Å². The summed E-state index contributed by atoms with van der Waals surface area (Å²) in [6.07, 6.45) is 4.04. The highest BCUT2D eigenvalue weighted by atomic mass is 16.5. The third kappa shape index (κ3) is 3.44. The van der Waals surface area contributed by atoms with Crippen molar-refractivity contribution in [1.82, 2.24) is 9.88 Å². The highest BCUT2D eigenvalue weighted by Gasteiger charge is 2.21. The molecule has 0 aliphatic carbocycles. The Labute approximate surface area is 153 Å². The average Bonchev–Trinajstić information content (AvgIpc) is 3.32. The smallest absolute Gasteiger partial charge is 0.241 e. The molecule has 1 aromatic heterocycles. The van der Waals surface area contributed by atoms with E-state index in [1.54, 1.807) is 7.11 Å². The van der Waals surface area contributed by atoms with E-state index in [1.807, 2.05) is 30.3 Å². The molecule has 1 saturated heterocycles. The summed E-state index contributed by atoms with van der Waals surface area (Å²) in [4.78, 5) is 12.3. The largest absolute Gasteiger partial charge is 0.497 e. The monoisotopic (exact) mass is 349 g/mol. The van der Waals surface area contributed by atoms with Gasteiger partial charge < -0.3 is 19.9 Å². The van der Waals surface area contributed by atoms with Crippen molar-refractivity contribution in [3.8, 4) is 5.75 Å². The number of carbonyl (C=O) groups is 1. The maximum atomic E-state index is 12.3. The SMILES string of the molecule is COc1cccc(Cn2ccc3ccc(NC(=O)C4CCCN4)cc32)c1. The van der Waals surface area contributed by atoms with Crippen LogP contribution >= 0.6 is 0 Å². The molecule has 1 aliphatic heterocycles. The molecule has 0 saturated carbocycles. The Kier molecular flexibility index (Phi) is 4.63. The van der Waals surface area contributed by atoms with E-state index in [0.717, 1.165) is 48.3 Å². The zero-order chi connectivity index (χ0) is 17.9. The Morgan fingerprint density at radius 1 is 1.27 bits per heavy atom. The number of nitrogens with zero attached hydrogens (tertiary/aromatic N) is 1. The first-order chi connectivity index (χ1) is 12.7. The molecule has 26 heavy (non-hydrogen) atoms. The standard InChI is InChI=1S/C21H23N3O2/c1-26-18-5-2-4-15(12-18)14-24-11-9-16-7-8-17(13-20(16)24)23-21(25)19-6-3-10-22-19/h2,4-5,7-9,11-13,19,22H,3,6,10,14H2,1H3,(H,23,25). The van der Waals surface area contributed by atoms with Crippen molar-refractivity contribution >= 4 is 22.5 Å². The van der Waals surface area contributed by atoms with Crippen molar-refractivity contribution in [3.05, 3.63) is 60.3 Å². The van der Waals surface area contributed by atoms with E-state index in [9.17, 15) is 4.79 Å². The topological polar surface area (TPSA) is 55.3 Å². The lowest BCUT2D eigenvalue weighted by Crippen LogP contribution is -2.35. The molecular weight excluding hydrogens is 326 g/mol. The van der Waals surface area contributed by atoms with Crippen LogP contribution in [-0.4, -0.2) is 30.2 Å². The zero-order valence-corrected chi connectivity index (χ0v) is 14.9. The van der Waals surface area contributed by atoms with Gasteiger partial charge in [0.05, 0.1) is 18.7 Å². The molecule has 0 bridgehead atoms. The second-order valence-corrected chi connectivity index (χ2v) is 6.71. The van der Waals surface area contributed by atoms with Crippen molar-refractivity contribution in [2.75, 3.05) is 19.0 Å². The van der Waals surface area contributed by atoms with Crippen LogP contribution in [0.3, 0.4) is 0 Å². The molecule has 134 valence electrons. The van der Waals surface area contributed by atoms with Crippen LogP contribution < -0.4 is 15.4 Å². The van der Waals surface area contributed by atoms with Gasteiger partial charge in [0, 0.05) is 18.4 Å². The molecule has 0 radical (unpaired) electrons. The number of fused-ring (bicyclic) bond motifs is 1. The van der Waals surface area contributed by atoms with Crippen LogP contribution in [0.15, 0.2) is 54.7 Å². The summed E-state index contributed by atoms with van der Waals surface area (Å²) in [7, 11) is 1.68. The highest BCUT2D eigenvalue weighted by molar-refractivity contribution is 5.97. The number of nitrogens with one attached hydrogen (secondary N) is 2. The van der Waals surface area contributed by atoms with Gasteiger partial charge in [-0.05, 0) is 60.7 Å². The van der Waals surface area contributed by atoms with E-state index in [4.69, 9.17) is 4.74 Å². The number of rotatable bonds is 5. The first-order valence-electron chi connectivity index (χ1n) is 8.99. The van der Waals surface area contributed by atoms with E-state index >= 15 is 0 Å². The molecule has 2 heterocycles. The predicted molar refractivity (Wildman–Crippen MR) is 104 cm³/mol. The molecule has 2 aromatic carbocycles. The van der Waals surface area contributed by atoms with Gasteiger partial charge in [-0.15, -0.1) is 0 Å². The van der Waals surface area contributed by atoms with Crippen LogP contribution in [0.25, 0.3) is 10.9 Å². The lowest BCUT2D eigenvalue weighted by Gasteiger charge is -2.12. The average molecular weight is 349 g/mol. The lowest BCUT2D eigenvalue weighted by atomic mass is 10.2. The second kappa shape index (κ2) is 7.22. The van der Waals surface area contributed by atoms with Gasteiger partial charge >= 0.3 is 0 Å². The Morgan fingerprint density at radius 2 is 2.19 bits per heavy atom. The third-order valence-electron chi connectivity index (χ3n) is 4.91. The van der Waals surface area contributed by atoms with Gasteiger partial charge in [-0.1, -0.05) is 18.2 Å². The molecule has 2 N–H and O–H groups in total. The summed E-state index contributed by atoms with van der Waals surface area (Å²) in [6, 6.07) is 16.2. The van der Waals surface area contributed by atoms with Crippen molar-refractivity contribution < 1.29 is 9.53 Å². The summed E-state index contributed by atoms with van der Waals surface area (Å²) in [5, 5.41) is 7.43. The number of methoxy groups -OCH3 is 1. The number of hydrogen-bond donors (Lipinski definition) is 2. The van der Waals surface area contributed by atoms with Gasteiger partial charge in [0.25, 0.3) is 0 Å². The first-order valence-corrected chi connectivity index (χ1v) is 8.99. The number of benzene rings is 2. The van der Waals surface area contributed by atoms with Gasteiger partial charge in [0.15, 0.2) is 0 Å². The van der Waals surface area contributed by atoms with Crippen molar-refractivity contribution in [2.45, 2.75) is 25.4 Å². The number of hydrogen-bond acceptors (Lipinski definition) is 3. The van der Waals surface area contributed by atoms with Gasteiger partial charge in [0.1, 0.15) is 5.75 Å². The number of carbonyl (C=O) groups excluding carboxylic acids is 1. The van der Waals surface area contributed by atoms with E-state index in [1.165, 1.54) is 5.56 Å². The zero-order valence-electron chi connectivity index (χ0n) is 14.9. The fourth-order valence-electron chi connectivity index (χ4n) is 3.50. The molecule has 5 heteroatoms. The van der Waals surface area contributed by atoms with E-state index in [2.05, 4.69) is 39.6 Å². The van der Waals surface area contributed by atoms with Crippen molar-refractivity contribution in [2.24, 2.45) is 0 Å². The van der Waals surface area contributed by atoms with Crippen molar-refractivity contribution in [1.29, 1.82) is 0 Å². The number of aromatic nitrogens is 1. The van der Waals surface area contributed by atoms with Gasteiger partial charge in [0.2, 0.25) is 5.91 Å². The van der Waals surface area contributed by atoms with E-state index in [-0.39, 0.29) is 11.9 Å². The number of anilines is 1. The molecule has 1 unspecified atom stereocenters. The molecule has 4 rings (SSSR count). The Bertz CT molecular complexity index is 926. The Balaban J connectivity index is 1.57. The fourth-order valence-corrected chi connectivity index (χ4v) is 3.50. The summed E-state index contributed by atoms with van der Waals surface area (Å²) >= 11 is 0. The Hall–Kier alpha value is -2.79. The highest BCUT2D eigenvalue weighted by Crippen LogP contribution is 2.23. The van der Waals surface area contributed by atoms with Crippen LogP contribution in [0.4, 0.5) is 5.69 Å². The summed E-state index contributed by atoms with van der Waals surface area (Å²) in [5.74, 6) is 0.906. The molecule has 0 spiro atoms. The van der Waals surface area contributed by atoms with Crippen LogP contribution in [0.5, 0.6) is 5.75 Å². The minimum absolute atomic E-state index is 0.0488. The number of ether oxygens (including phenoxy) is 1. The summed E-state index contributed by atoms with van der Waals surface area (Å²) in [6.45, 7) is 1.67. The van der Waals surface area contributed by atoms with Crippen LogP contribution in [-0.2, 0) is 11.3 Å². The maximum absolute atomic E-state index is 12.3. The summed E-state index contributed by atoms with van der Waals surface area (Å²) < 4.78 is 7.50. The third-order valence-corrected chi connectivity index (χ3v) is 4.91.